The van der Waals surface area contributed by atoms with Gasteiger partial charge in [-0.3, -0.25) is 4.90 Å². The van der Waals surface area contributed by atoms with Gasteiger partial charge in [0.15, 0.2) is 0 Å². The van der Waals surface area contributed by atoms with E-state index in [1.54, 1.807) is 0 Å². The van der Waals surface area contributed by atoms with Gasteiger partial charge in [-0.1, -0.05) is 39.5 Å². The van der Waals surface area contributed by atoms with Crippen molar-refractivity contribution in [2.45, 2.75) is 78.3 Å². The maximum absolute atomic E-state index is 6.13. The lowest BCUT2D eigenvalue weighted by Gasteiger charge is -2.40. The number of nitrogens with two attached hydrogens (primary N) is 1. The Bertz CT molecular complexity index is 205. The van der Waals surface area contributed by atoms with E-state index in [4.69, 9.17) is 5.73 Å². The molecular formula is C16H34N2. The fourth-order valence-electron chi connectivity index (χ4n) is 3.45. The minimum atomic E-state index is 0.602. The van der Waals surface area contributed by atoms with Gasteiger partial charge in [0.25, 0.3) is 0 Å². The van der Waals surface area contributed by atoms with E-state index in [0.29, 0.717) is 12.1 Å². The molecule has 0 amide bonds. The molecule has 2 nitrogen and oxygen atoms in total. The van der Waals surface area contributed by atoms with Crippen molar-refractivity contribution in [2.75, 3.05) is 13.1 Å². The van der Waals surface area contributed by atoms with Crippen molar-refractivity contribution in [2.24, 2.45) is 17.6 Å². The van der Waals surface area contributed by atoms with E-state index in [1.165, 1.54) is 45.1 Å². The van der Waals surface area contributed by atoms with Crippen LogP contribution in [-0.4, -0.2) is 30.1 Å². The molecule has 1 fully saturated rings. The lowest BCUT2D eigenvalue weighted by Crippen LogP contribution is -2.50. The highest BCUT2D eigenvalue weighted by molar-refractivity contribution is 4.84. The zero-order chi connectivity index (χ0) is 13.5. The average Bonchev–Trinajstić information content (AvgIpc) is 2.57. The standard InChI is InChI=1S/C16H34N2/c1-13(2)12-18(14(3)4)16(11-17)15-9-7-5-6-8-10-15/h13-16H,5-12,17H2,1-4H3. The summed E-state index contributed by atoms with van der Waals surface area (Å²) in [6, 6.07) is 1.22. The number of hydrogen-bond acceptors (Lipinski definition) is 2. The van der Waals surface area contributed by atoms with Crippen molar-refractivity contribution < 1.29 is 0 Å². The smallest absolute Gasteiger partial charge is 0.0249 e. The van der Waals surface area contributed by atoms with E-state index in [-0.39, 0.29) is 0 Å². The van der Waals surface area contributed by atoms with Crippen molar-refractivity contribution in [3.63, 3.8) is 0 Å². The van der Waals surface area contributed by atoms with Crippen molar-refractivity contribution >= 4 is 0 Å². The molecule has 2 heteroatoms. The van der Waals surface area contributed by atoms with Crippen molar-refractivity contribution in [1.29, 1.82) is 0 Å². The summed E-state index contributed by atoms with van der Waals surface area (Å²) < 4.78 is 0. The largest absolute Gasteiger partial charge is 0.329 e. The highest BCUT2D eigenvalue weighted by Crippen LogP contribution is 2.29. The molecule has 0 bridgehead atoms. The highest BCUT2D eigenvalue weighted by Gasteiger charge is 2.28. The van der Waals surface area contributed by atoms with Crippen LogP contribution in [0.25, 0.3) is 0 Å². The molecule has 18 heavy (non-hydrogen) atoms. The molecule has 108 valence electrons. The fraction of sp³-hybridized carbons (Fsp3) is 1.00. The van der Waals surface area contributed by atoms with Gasteiger partial charge in [-0.15, -0.1) is 0 Å². The average molecular weight is 254 g/mol. The first-order valence-electron chi connectivity index (χ1n) is 8.02. The zero-order valence-corrected chi connectivity index (χ0v) is 13.0. The van der Waals surface area contributed by atoms with E-state index >= 15 is 0 Å². The predicted octanol–water partition coefficient (Wildman–Crippen LogP) is 3.65. The second-order valence-corrected chi connectivity index (χ2v) is 6.74. The van der Waals surface area contributed by atoms with Crippen LogP contribution >= 0.6 is 0 Å². The van der Waals surface area contributed by atoms with E-state index in [9.17, 15) is 0 Å². The zero-order valence-electron chi connectivity index (χ0n) is 13.0. The Hall–Kier alpha value is -0.0800. The van der Waals surface area contributed by atoms with E-state index in [0.717, 1.165) is 18.4 Å². The molecule has 0 aromatic heterocycles. The Morgan fingerprint density at radius 3 is 1.94 bits per heavy atom. The van der Waals surface area contributed by atoms with Gasteiger partial charge in [-0.05, 0) is 38.5 Å². The SMILES string of the molecule is CC(C)CN(C(C)C)C(CN)C1CCCCCC1. The number of nitrogens with zero attached hydrogens (tertiary/aromatic N) is 1. The predicted molar refractivity (Wildman–Crippen MR) is 80.7 cm³/mol. The molecule has 1 saturated carbocycles. The van der Waals surface area contributed by atoms with Crippen LogP contribution in [0.3, 0.4) is 0 Å². The lowest BCUT2D eigenvalue weighted by atomic mass is 9.89. The topological polar surface area (TPSA) is 29.3 Å². The van der Waals surface area contributed by atoms with Gasteiger partial charge in [-0.2, -0.15) is 0 Å². The quantitative estimate of drug-likeness (QED) is 0.733. The lowest BCUT2D eigenvalue weighted by molar-refractivity contribution is 0.0899. The van der Waals surface area contributed by atoms with Crippen LogP contribution in [-0.2, 0) is 0 Å². The Labute approximate surface area is 114 Å². The molecule has 0 aromatic rings. The Morgan fingerprint density at radius 1 is 1.00 bits per heavy atom. The Kier molecular flexibility index (Phi) is 7.25. The van der Waals surface area contributed by atoms with Crippen LogP contribution in [0, 0.1) is 11.8 Å². The van der Waals surface area contributed by atoms with Crippen LogP contribution in [0.4, 0.5) is 0 Å². The van der Waals surface area contributed by atoms with Crippen LogP contribution < -0.4 is 5.73 Å². The first kappa shape index (κ1) is 16.0. The Balaban J connectivity index is 2.69. The van der Waals surface area contributed by atoms with Crippen LogP contribution in [0.1, 0.15) is 66.2 Å². The van der Waals surface area contributed by atoms with Gasteiger partial charge in [0.2, 0.25) is 0 Å². The molecule has 1 aliphatic carbocycles. The molecule has 1 aliphatic rings. The molecule has 0 spiro atoms. The van der Waals surface area contributed by atoms with Crippen LogP contribution in [0.15, 0.2) is 0 Å². The van der Waals surface area contributed by atoms with Crippen molar-refractivity contribution in [3.05, 3.63) is 0 Å². The molecule has 1 rings (SSSR count). The molecule has 2 N–H and O–H groups in total. The van der Waals surface area contributed by atoms with E-state index in [2.05, 4.69) is 32.6 Å². The summed E-state index contributed by atoms with van der Waals surface area (Å²) in [5.74, 6) is 1.56. The third-order valence-electron chi connectivity index (χ3n) is 4.35. The summed E-state index contributed by atoms with van der Waals surface area (Å²) in [4.78, 5) is 2.67. The van der Waals surface area contributed by atoms with Gasteiger partial charge in [0.05, 0.1) is 0 Å². The number of rotatable bonds is 6. The molecule has 1 unspecified atom stereocenters. The molecule has 0 aliphatic heterocycles. The molecule has 0 radical (unpaired) electrons. The fourth-order valence-corrected chi connectivity index (χ4v) is 3.45. The van der Waals surface area contributed by atoms with Gasteiger partial charge >= 0.3 is 0 Å². The minimum absolute atomic E-state index is 0.602. The molecule has 1 atom stereocenters. The molecule has 0 heterocycles. The van der Waals surface area contributed by atoms with Crippen LogP contribution in [0.2, 0.25) is 0 Å². The summed E-state index contributed by atoms with van der Waals surface area (Å²) in [5, 5.41) is 0. The van der Waals surface area contributed by atoms with Gasteiger partial charge in [0.1, 0.15) is 0 Å². The van der Waals surface area contributed by atoms with Crippen molar-refractivity contribution in [3.8, 4) is 0 Å². The normalized spacial score (nSPS) is 20.7. The second-order valence-electron chi connectivity index (χ2n) is 6.74. The highest BCUT2D eigenvalue weighted by atomic mass is 15.2. The first-order valence-corrected chi connectivity index (χ1v) is 8.02. The third-order valence-corrected chi connectivity index (χ3v) is 4.35. The Morgan fingerprint density at radius 2 is 1.56 bits per heavy atom. The number of hydrogen-bond donors (Lipinski definition) is 1. The molecule has 0 aromatic carbocycles. The first-order chi connectivity index (χ1) is 8.56. The monoisotopic (exact) mass is 254 g/mol. The van der Waals surface area contributed by atoms with Gasteiger partial charge < -0.3 is 5.73 Å². The summed E-state index contributed by atoms with van der Waals surface area (Å²) >= 11 is 0. The maximum atomic E-state index is 6.13. The maximum Gasteiger partial charge on any atom is 0.0249 e. The van der Waals surface area contributed by atoms with Crippen LogP contribution in [0.5, 0.6) is 0 Å². The summed E-state index contributed by atoms with van der Waals surface area (Å²) in [6.07, 6.45) is 8.47. The van der Waals surface area contributed by atoms with Gasteiger partial charge in [0, 0.05) is 25.2 Å². The molecular weight excluding hydrogens is 220 g/mol. The van der Waals surface area contributed by atoms with Gasteiger partial charge in [-0.25, -0.2) is 0 Å². The van der Waals surface area contributed by atoms with E-state index < -0.39 is 0 Å². The van der Waals surface area contributed by atoms with Crippen molar-refractivity contribution in [1.82, 2.24) is 4.90 Å². The third kappa shape index (κ3) is 4.89. The summed E-state index contributed by atoms with van der Waals surface area (Å²) in [7, 11) is 0. The minimum Gasteiger partial charge on any atom is -0.329 e. The second kappa shape index (κ2) is 8.16. The summed E-state index contributed by atoms with van der Waals surface area (Å²) in [5.41, 5.74) is 6.13. The molecule has 0 saturated heterocycles. The van der Waals surface area contributed by atoms with E-state index in [1.807, 2.05) is 0 Å². The summed E-state index contributed by atoms with van der Waals surface area (Å²) in [6.45, 7) is 11.3.